The average Bonchev–Trinajstić information content (AvgIpc) is 2.72. The minimum Gasteiger partial charge on any atom is -0.493 e. The van der Waals surface area contributed by atoms with Gasteiger partial charge in [0, 0.05) is 27.1 Å². The van der Waals surface area contributed by atoms with E-state index in [1.54, 1.807) is 42.5 Å². The number of nitrogens with one attached hydrogen (secondary N) is 2. The van der Waals surface area contributed by atoms with Crippen LogP contribution in [0.1, 0.15) is 30.1 Å². The number of ether oxygens (including phenoxy) is 1. The van der Waals surface area contributed by atoms with Crippen molar-refractivity contribution < 1.29 is 22.7 Å². The fourth-order valence-corrected chi connectivity index (χ4v) is 3.73. The molecule has 0 aliphatic heterocycles. The highest BCUT2D eigenvalue weighted by Gasteiger charge is 2.21. The first-order valence-electron chi connectivity index (χ1n) is 9.58. The largest absolute Gasteiger partial charge is 0.493 e. The molecule has 0 saturated carbocycles. The van der Waals surface area contributed by atoms with Crippen molar-refractivity contribution in [3.8, 4) is 5.75 Å². The number of rotatable bonds is 10. The van der Waals surface area contributed by atoms with Gasteiger partial charge in [-0.1, -0.05) is 24.3 Å². The van der Waals surface area contributed by atoms with Gasteiger partial charge in [0.1, 0.15) is 10.6 Å². The Morgan fingerprint density at radius 1 is 1.03 bits per heavy atom. The third kappa shape index (κ3) is 6.04. The third-order valence-corrected chi connectivity index (χ3v) is 6.09. The molecule has 0 aliphatic carbocycles. The van der Waals surface area contributed by atoms with Crippen molar-refractivity contribution in [1.82, 2.24) is 9.62 Å². The highest BCUT2D eigenvalue weighted by Crippen LogP contribution is 2.23. The molecule has 9 heteroatoms. The molecule has 0 spiro atoms. The standard InChI is InChI=1S/C21H27N3O5S/c1-4-29-18-12-7-5-10-16(18)21(26)22-15-9-14-20(25)23-17-11-6-8-13-19(17)30(27,28)24(2)3/h5-8,10-13H,4,9,14-15H2,1-3H3,(H,22,26)(H,23,25). The van der Waals surface area contributed by atoms with Gasteiger partial charge in [-0.15, -0.1) is 0 Å². The van der Waals surface area contributed by atoms with Crippen molar-refractivity contribution in [2.75, 3.05) is 32.6 Å². The van der Waals surface area contributed by atoms with Crippen molar-refractivity contribution in [3.63, 3.8) is 0 Å². The van der Waals surface area contributed by atoms with E-state index in [0.29, 0.717) is 30.9 Å². The van der Waals surface area contributed by atoms with Gasteiger partial charge in [-0.05, 0) is 37.6 Å². The first kappa shape index (κ1) is 23.4. The molecule has 162 valence electrons. The summed E-state index contributed by atoms with van der Waals surface area (Å²) in [6.07, 6.45) is 0.528. The summed E-state index contributed by atoms with van der Waals surface area (Å²) in [7, 11) is -0.818. The topological polar surface area (TPSA) is 105 Å². The molecule has 2 aromatic rings. The third-order valence-electron chi connectivity index (χ3n) is 4.22. The fraction of sp³-hybridized carbons (Fsp3) is 0.333. The minimum atomic E-state index is -3.68. The number of carbonyl (C=O) groups is 2. The molecule has 2 rings (SSSR count). The molecule has 0 aromatic heterocycles. The Kier molecular flexibility index (Phi) is 8.37. The summed E-state index contributed by atoms with van der Waals surface area (Å²) in [5, 5.41) is 5.41. The predicted octanol–water partition coefficient (Wildman–Crippen LogP) is 2.48. The average molecular weight is 434 g/mol. The number of sulfonamides is 1. The van der Waals surface area contributed by atoms with Crippen LogP contribution in [0.3, 0.4) is 0 Å². The molecule has 0 aliphatic rings. The van der Waals surface area contributed by atoms with Gasteiger partial charge in [-0.25, -0.2) is 12.7 Å². The van der Waals surface area contributed by atoms with E-state index in [1.807, 2.05) is 6.92 Å². The second-order valence-corrected chi connectivity index (χ2v) is 8.74. The number of hydrogen-bond donors (Lipinski definition) is 2. The molecule has 0 unspecified atom stereocenters. The summed E-state index contributed by atoms with van der Waals surface area (Å²) >= 11 is 0. The van der Waals surface area contributed by atoms with Crippen LogP contribution in [0.4, 0.5) is 5.69 Å². The minimum absolute atomic E-state index is 0.0317. The molecule has 0 atom stereocenters. The van der Waals surface area contributed by atoms with E-state index in [2.05, 4.69) is 10.6 Å². The van der Waals surface area contributed by atoms with Gasteiger partial charge in [0.15, 0.2) is 0 Å². The molecule has 0 heterocycles. The molecule has 0 bridgehead atoms. The number of para-hydroxylation sites is 2. The van der Waals surface area contributed by atoms with E-state index >= 15 is 0 Å². The highest BCUT2D eigenvalue weighted by atomic mass is 32.2. The van der Waals surface area contributed by atoms with Gasteiger partial charge in [-0.3, -0.25) is 9.59 Å². The summed E-state index contributed by atoms with van der Waals surface area (Å²) < 4.78 is 31.3. The van der Waals surface area contributed by atoms with Crippen LogP contribution in [0, 0.1) is 0 Å². The molecule has 30 heavy (non-hydrogen) atoms. The van der Waals surface area contributed by atoms with Crippen LogP contribution in [0.2, 0.25) is 0 Å². The zero-order valence-electron chi connectivity index (χ0n) is 17.3. The van der Waals surface area contributed by atoms with Crippen molar-refractivity contribution in [2.24, 2.45) is 0 Å². The zero-order chi connectivity index (χ0) is 22.1. The predicted molar refractivity (Wildman–Crippen MR) is 115 cm³/mol. The second-order valence-electron chi connectivity index (χ2n) is 6.62. The lowest BCUT2D eigenvalue weighted by atomic mass is 10.2. The molecule has 2 amide bonds. The van der Waals surface area contributed by atoms with Crippen LogP contribution >= 0.6 is 0 Å². The summed E-state index contributed by atoms with van der Waals surface area (Å²) in [5.41, 5.74) is 0.664. The van der Waals surface area contributed by atoms with E-state index in [9.17, 15) is 18.0 Å². The molecular weight excluding hydrogens is 406 g/mol. The van der Waals surface area contributed by atoms with Crippen LogP contribution in [0.25, 0.3) is 0 Å². The first-order valence-corrected chi connectivity index (χ1v) is 11.0. The lowest BCUT2D eigenvalue weighted by Crippen LogP contribution is -2.26. The molecular formula is C21H27N3O5S. The quantitative estimate of drug-likeness (QED) is 0.560. The Morgan fingerprint density at radius 2 is 1.70 bits per heavy atom. The molecule has 2 N–H and O–H groups in total. The maximum atomic E-state index is 12.4. The van der Waals surface area contributed by atoms with Crippen LogP contribution in [0.15, 0.2) is 53.4 Å². The SMILES string of the molecule is CCOc1ccccc1C(=O)NCCCC(=O)Nc1ccccc1S(=O)(=O)N(C)C. The van der Waals surface area contributed by atoms with Crippen molar-refractivity contribution >= 4 is 27.5 Å². The Labute approximate surface area is 177 Å². The van der Waals surface area contributed by atoms with Gasteiger partial charge in [0.2, 0.25) is 15.9 Å². The summed E-state index contributed by atoms with van der Waals surface area (Å²) in [6.45, 7) is 2.59. The van der Waals surface area contributed by atoms with Crippen LogP contribution in [0.5, 0.6) is 5.75 Å². The maximum absolute atomic E-state index is 12.4. The number of nitrogens with zero attached hydrogens (tertiary/aromatic N) is 1. The molecule has 2 aromatic carbocycles. The Balaban J connectivity index is 1.89. The van der Waals surface area contributed by atoms with Gasteiger partial charge in [0.25, 0.3) is 5.91 Å². The maximum Gasteiger partial charge on any atom is 0.255 e. The Morgan fingerprint density at radius 3 is 2.40 bits per heavy atom. The molecule has 8 nitrogen and oxygen atoms in total. The number of anilines is 1. The normalized spacial score (nSPS) is 11.2. The van der Waals surface area contributed by atoms with E-state index in [4.69, 9.17) is 4.74 Å². The van der Waals surface area contributed by atoms with Gasteiger partial charge < -0.3 is 15.4 Å². The van der Waals surface area contributed by atoms with E-state index in [0.717, 1.165) is 4.31 Å². The summed E-state index contributed by atoms with van der Waals surface area (Å²) in [5.74, 6) is -0.101. The van der Waals surface area contributed by atoms with E-state index in [-0.39, 0.29) is 28.8 Å². The monoisotopic (exact) mass is 433 g/mol. The summed E-state index contributed by atoms with van der Waals surface area (Å²) in [4.78, 5) is 24.6. The molecule has 0 saturated heterocycles. The smallest absolute Gasteiger partial charge is 0.255 e. The van der Waals surface area contributed by atoms with Crippen LogP contribution in [-0.4, -0.2) is 51.8 Å². The van der Waals surface area contributed by atoms with Crippen LogP contribution < -0.4 is 15.4 Å². The van der Waals surface area contributed by atoms with Gasteiger partial charge in [0.05, 0.1) is 17.9 Å². The highest BCUT2D eigenvalue weighted by molar-refractivity contribution is 7.89. The molecule has 0 radical (unpaired) electrons. The second kappa shape index (κ2) is 10.7. The van der Waals surface area contributed by atoms with Crippen LogP contribution in [-0.2, 0) is 14.8 Å². The number of benzene rings is 2. The first-order chi connectivity index (χ1) is 14.3. The molecule has 0 fully saturated rings. The zero-order valence-corrected chi connectivity index (χ0v) is 18.2. The number of carbonyl (C=O) groups excluding carboxylic acids is 2. The lowest BCUT2D eigenvalue weighted by molar-refractivity contribution is -0.116. The van der Waals surface area contributed by atoms with Crippen molar-refractivity contribution in [1.29, 1.82) is 0 Å². The summed E-state index contributed by atoms with van der Waals surface area (Å²) in [6, 6.07) is 13.2. The van der Waals surface area contributed by atoms with Gasteiger partial charge in [-0.2, -0.15) is 0 Å². The van der Waals surface area contributed by atoms with Crippen molar-refractivity contribution in [2.45, 2.75) is 24.7 Å². The number of amides is 2. The van der Waals surface area contributed by atoms with E-state index < -0.39 is 10.0 Å². The van der Waals surface area contributed by atoms with Crippen molar-refractivity contribution in [3.05, 3.63) is 54.1 Å². The van der Waals surface area contributed by atoms with Gasteiger partial charge >= 0.3 is 0 Å². The Bertz CT molecular complexity index is 990. The number of hydrogen-bond acceptors (Lipinski definition) is 5. The van der Waals surface area contributed by atoms with E-state index in [1.165, 1.54) is 20.2 Å². The lowest BCUT2D eigenvalue weighted by Gasteiger charge is -2.15. The fourth-order valence-electron chi connectivity index (χ4n) is 2.69. The Hall–Kier alpha value is -2.91.